The molecule has 0 spiro atoms. The molecule has 2 aromatic rings. The topological polar surface area (TPSA) is 43.4 Å². The Morgan fingerprint density at radius 1 is 0.903 bits per heavy atom. The summed E-state index contributed by atoms with van der Waals surface area (Å²) in [6, 6.07) is 12.5. The average Bonchev–Trinajstić information content (AvgIpc) is 3.00. The van der Waals surface area contributed by atoms with E-state index in [1.807, 2.05) is 12.1 Å². The molecule has 2 aliphatic rings. The van der Waals surface area contributed by atoms with Crippen LogP contribution in [0.3, 0.4) is 0 Å². The summed E-state index contributed by atoms with van der Waals surface area (Å²) in [5.74, 6) is 2.50. The number of aryl methyl sites for hydroxylation is 1. The van der Waals surface area contributed by atoms with Gasteiger partial charge < -0.3 is 23.8 Å². The van der Waals surface area contributed by atoms with Gasteiger partial charge in [0, 0.05) is 39.3 Å². The average molecular weight is 449 g/mol. The number of nitrogens with zero attached hydrogens (tertiary/aromatic N) is 2. The maximum absolute atomic E-state index is 6.28. The first kappa shape index (κ1) is 23.5. The summed E-state index contributed by atoms with van der Waals surface area (Å²) in [5.41, 5.74) is 3.72. The minimum absolute atomic E-state index is 0. The summed E-state index contributed by atoms with van der Waals surface area (Å²) in [6.45, 7) is 5.63. The number of methoxy groups -OCH3 is 3. The van der Waals surface area contributed by atoms with Crippen LogP contribution >= 0.6 is 12.4 Å². The minimum Gasteiger partial charge on any atom is -0.495 e. The quantitative estimate of drug-likeness (QED) is 0.666. The van der Waals surface area contributed by atoms with E-state index in [-0.39, 0.29) is 18.5 Å². The van der Waals surface area contributed by atoms with Gasteiger partial charge in [-0.15, -0.1) is 12.4 Å². The summed E-state index contributed by atoms with van der Waals surface area (Å²) in [4.78, 5) is 4.91. The van der Waals surface area contributed by atoms with Crippen LogP contribution in [0.2, 0.25) is 0 Å². The van der Waals surface area contributed by atoms with Crippen molar-refractivity contribution in [2.45, 2.75) is 18.9 Å². The molecule has 0 amide bonds. The Morgan fingerprint density at radius 3 is 2.29 bits per heavy atom. The van der Waals surface area contributed by atoms with E-state index in [0.29, 0.717) is 0 Å². The number of hydrogen-bond acceptors (Lipinski definition) is 6. The third-order valence-corrected chi connectivity index (χ3v) is 6.12. The number of piperazine rings is 1. The number of anilines is 1. The molecule has 170 valence electrons. The van der Waals surface area contributed by atoms with Gasteiger partial charge in [0.15, 0.2) is 11.5 Å². The van der Waals surface area contributed by atoms with Crippen LogP contribution in [-0.2, 0) is 11.2 Å². The van der Waals surface area contributed by atoms with Gasteiger partial charge in [0.25, 0.3) is 0 Å². The summed E-state index contributed by atoms with van der Waals surface area (Å²) in [5, 5.41) is 0. The number of benzene rings is 2. The van der Waals surface area contributed by atoms with Gasteiger partial charge in [-0.3, -0.25) is 4.90 Å². The number of halogens is 1. The smallest absolute Gasteiger partial charge is 0.161 e. The fraction of sp³-hybridized carbons (Fsp3) is 0.500. The Labute approximate surface area is 191 Å². The second-order valence-corrected chi connectivity index (χ2v) is 7.83. The number of rotatable bonds is 6. The zero-order valence-electron chi connectivity index (χ0n) is 18.6. The van der Waals surface area contributed by atoms with Crippen molar-refractivity contribution in [1.82, 2.24) is 4.90 Å². The highest BCUT2D eigenvalue weighted by Gasteiger charge is 2.27. The maximum Gasteiger partial charge on any atom is 0.161 e. The Morgan fingerprint density at radius 2 is 1.58 bits per heavy atom. The van der Waals surface area contributed by atoms with Crippen molar-refractivity contribution in [1.29, 1.82) is 0 Å². The first-order valence-corrected chi connectivity index (χ1v) is 10.7. The zero-order chi connectivity index (χ0) is 20.9. The second-order valence-electron chi connectivity index (χ2n) is 7.83. The Bertz CT molecular complexity index is 855. The molecule has 2 aliphatic heterocycles. The van der Waals surface area contributed by atoms with Gasteiger partial charge in [-0.1, -0.05) is 12.1 Å². The van der Waals surface area contributed by atoms with E-state index < -0.39 is 0 Å². The van der Waals surface area contributed by atoms with Crippen molar-refractivity contribution < 1.29 is 18.9 Å². The van der Waals surface area contributed by atoms with Crippen LogP contribution in [0.25, 0.3) is 0 Å². The molecular weight excluding hydrogens is 416 g/mol. The molecule has 2 aromatic carbocycles. The largest absolute Gasteiger partial charge is 0.495 e. The van der Waals surface area contributed by atoms with Crippen molar-refractivity contribution in [3.8, 4) is 17.2 Å². The van der Waals surface area contributed by atoms with Crippen molar-refractivity contribution in [3.63, 3.8) is 0 Å². The highest BCUT2D eigenvalue weighted by molar-refractivity contribution is 5.85. The third-order valence-electron chi connectivity index (χ3n) is 6.12. The first-order valence-electron chi connectivity index (χ1n) is 10.7. The highest BCUT2D eigenvalue weighted by atomic mass is 35.5. The van der Waals surface area contributed by atoms with Gasteiger partial charge in [-0.25, -0.2) is 0 Å². The molecule has 0 bridgehead atoms. The van der Waals surface area contributed by atoms with Gasteiger partial charge in [-0.05, 0) is 48.2 Å². The number of hydrogen-bond donors (Lipinski definition) is 0. The molecule has 1 saturated heterocycles. The molecule has 0 aliphatic carbocycles. The Hall–Kier alpha value is -2.15. The van der Waals surface area contributed by atoms with Gasteiger partial charge in [0.2, 0.25) is 0 Å². The second kappa shape index (κ2) is 10.9. The normalized spacial score (nSPS) is 19.1. The monoisotopic (exact) mass is 448 g/mol. The van der Waals surface area contributed by atoms with Crippen LogP contribution < -0.4 is 19.1 Å². The molecule has 1 unspecified atom stereocenters. The van der Waals surface area contributed by atoms with E-state index in [1.165, 1.54) is 16.8 Å². The Balaban J connectivity index is 0.00000272. The van der Waals surface area contributed by atoms with Crippen molar-refractivity contribution >= 4 is 18.1 Å². The third kappa shape index (κ3) is 5.20. The van der Waals surface area contributed by atoms with Crippen LogP contribution in [-0.4, -0.2) is 65.6 Å². The van der Waals surface area contributed by atoms with Gasteiger partial charge >= 0.3 is 0 Å². The molecule has 0 aromatic heterocycles. The molecule has 6 nitrogen and oxygen atoms in total. The predicted octanol–water partition coefficient (Wildman–Crippen LogP) is 3.96. The van der Waals surface area contributed by atoms with E-state index in [0.717, 1.165) is 69.4 Å². The highest BCUT2D eigenvalue weighted by Crippen LogP contribution is 2.37. The van der Waals surface area contributed by atoms with E-state index in [9.17, 15) is 0 Å². The first-order chi connectivity index (χ1) is 14.7. The number of fused-ring (bicyclic) bond motifs is 1. The summed E-state index contributed by atoms with van der Waals surface area (Å²) >= 11 is 0. The molecule has 1 fully saturated rings. The Kier molecular flexibility index (Phi) is 8.29. The molecule has 7 heteroatoms. The van der Waals surface area contributed by atoms with Crippen LogP contribution in [0.1, 0.15) is 23.7 Å². The molecule has 31 heavy (non-hydrogen) atoms. The number of ether oxygens (including phenoxy) is 4. The van der Waals surface area contributed by atoms with Crippen LogP contribution in [0, 0.1) is 0 Å². The summed E-state index contributed by atoms with van der Waals surface area (Å²) in [6.07, 6.45) is 2.09. The van der Waals surface area contributed by atoms with E-state index >= 15 is 0 Å². The van der Waals surface area contributed by atoms with Gasteiger partial charge in [0.05, 0.1) is 33.1 Å². The molecule has 0 saturated carbocycles. The predicted molar refractivity (Wildman–Crippen MR) is 125 cm³/mol. The molecule has 0 radical (unpaired) electrons. The van der Waals surface area contributed by atoms with Crippen LogP contribution in [0.15, 0.2) is 36.4 Å². The molecule has 4 rings (SSSR count). The molecule has 2 heterocycles. The van der Waals surface area contributed by atoms with Gasteiger partial charge in [0.1, 0.15) is 5.75 Å². The minimum atomic E-state index is 0. The van der Waals surface area contributed by atoms with Crippen molar-refractivity contribution in [2.24, 2.45) is 0 Å². The van der Waals surface area contributed by atoms with Crippen molar-refractivity contribution in [3.05, 3.63) is 47.5 Å². The fourth-order valence-electron chi connectivity index (χ4n) is 4.48. The maximum atomic E-state index is 6.28. The lowest BCUT2D eigenvalue weighted by Crippen LogP contribution is -2.47. The lowest BCUT2D eigenvalue weighted by atomic mass is 9.98. The van der Waals surface area contributed by atoms with Gasteiger partial charge in [-0.2, -0.15) is 0 Å². The standard InChI is InChI=1S/C24H32N2O4.ClH/c1-27-21-9-5-4-8-20(21)26-12-10-25(11-13-26)17-24-19-16-23(29-3)22(28-2)15-18(19)7-6-14-30-24;/h4-5,8-9,15-16,24H,6-7,10-14,17H2,1-3H3;1H. The lowest BCUT2D eigenvalue weighted by Gasteiger charge is -2.38. The van der Waals surface area contributed by atoms with Crippen molar-refractivity contribution in [2.75, 3.05) is 65.6 Å². The SMILES string of the molecule is COc1cc2c(cc1OC)C(CN1CCN(c3ccccc3OC)CC1)OCCC2.Cl. The van der Waals surface area contributed by atoms with E-state index in [1.54, 1.807) is 21.3 Å². The number of para-hydroxylation sites is 2. The fourth-order valence-corrected chi connectivity index (χ4v) is 4.48. The summed E-state index contributed by atoms with van der Waals surface area (Å²) in [7, 11) is 5.11. The molecule has 1 atom stereocenters. The summed E-state index contributed by atoms with van der Waals surface area (Å²) < 4.78 is 22.9. The molecular formula is C24H33ClN2O4. The zero-order valence-corrected chi connectivity index (χ0v) is 19.5. The lowest BCUT2D eigenvalue weighted by molar-refractivity contribution is 0.0268. The van der Waals surface area contributed by atoms with E-state index in [4.69, 9.17) is 18.9 Å². The van der Waals surface area contributed by atoms with Crippen LogP contribution in [0.5, 0.6) is 17.2 Å². The molecule has 0 N–H and O–H groups in total. The van der Waals surface area contributed by atoms with Crippen LogP contribution in [0.4, 0.5) is 5.69 Å². The van der Waals surface area contributed by atoms with E-state index in [2.05, 4.69) is 34.1 Å².